The zero-order chi connectivity index (χ0) is 14.0. The number of hydrogen-bond acceptors (Lipinski definition) is 3. The Morgan fingerprint density at radius 1 is 1.16 bits per heavy atom. The topological polar surface area (TPSA) is 35.5 Å². The second kappa shape index (κ2) is 5.51. The lowest BCUT2D eigenvalue weighted by Gasteiger charge is -2.30. The highest BCUT2D eigenvalue weighted by Crippen LogP contribution is 2.26. The van der Waals surface area contributed by atoms with E-state index in [1.54, 1.807) is 0 Å². The standard InChI is InChI=1S/C16H26N2O/c1-12-9-17-10-15(19)11-18(12)14-7-5-13(6-8-14)16(2,3)4/h5-8,12,15,17,19H,9-11H2,1-4H3. The smallest absolute Gasteiger partial charge is 0.0839 e. The highest BCUT2D eigenvalue weighted by atomic mass is 16.3. The summed E-state index contributed by atoms with van der Waals surface area (Å²) in [5, 5.41) is 13.2. The van der Waals surface area contributed by atoms with Gasteiger partial charge in [-0.25, -0.2) is 0 Å². The molecule has 2 N–H and O–H groups in total. The van der Waals surface area contributed by atoms with Crippen molar-refractivity contribution in [3.8, 4) is 0 Å². The van der Waals surface area contributed by atoms with Crippen molar-refractivity contribution in [2.75, 3.05) is 24.5 Å². The normalized spacial score (nSPS) is 25.2. The number of nitrogens with zero attached hydrogens (tertiary/aromatic N) is 1. The van der Waals surface area contributed by atoms with Gasteiger partial charge in [-0.2, -0.15) is 0 Å². The van der Waals surface area contributed by atoms with Crippen LogP contribution in [0.5, 0.6) is 0 Å². The number of aliphatic hydroxyl groups excluding tert-OH is 1. The third-order valence-electron chi connectivity index (χ3n) is 3.82. The van der Waals surface area contributed by atoms with Crippen molar-refractivity contribution in [1.82, 2.24) is 5.32 Å². The van der Waals surface area contributed by atoms with E-state index in [1.165, 1.54) is 11.3 Å². The van der Waals surface area contributed by atoms with Crippen molar-refractivity contribution < 1.29 is 5.11 Å². The monoisotopic (exact) mass is 262 g/mol. The van der Waals surface area contributed by atoms with Crippen molar-refractivity contribution in [2.24, 2.45) is 0 Å². The minimum absolute atomic E-state index is 0.185. The third-order valence-corrected chi connectivity index (χ3v) is 3.82. The lowest BCUT2D eigenvalue weighted by atomic mass is 9.87. The summed E-state index contributed by atoms with van der Waals surface area (Å²) in [5.74, 6) is 0. The van der Waals surface area contributed by atoms with E-state index < -0.39 is 0 Å². The molecule has 0 amide bonds. The van der Waals surface area contributed by atoms with Gasteiger partial charge in [0, 0.05) is 31.4 Å². The molecule has 1 heterocycles. The highest BCUT2D eigenvalue weighted by molar-refractivity contribution is 5.49. The van der Waals surface area contributed by atoms with Crippen molar-refractivity contribution in [2.45, 2.75) is 45.3 Å². The molecular weight excluding hydrogens is 236 g/mol. The van der Waals surface area contributed by atoms with E-state index in [0.29, 0.717) is 19.1 Å². The molecule has 1 aromatic carbocycles. The van der Waals surface area contributed by atoms with Crippen molar-refractivity contribution >= 4 is 5.69 Å². The summed E-state index contributed by atoms with van der Waals surface area (Å²) in [4.78, 5) is 2.29. The maximum atomic E-state index is 9.92. The number of anilines is 1. The summed E-state index contributed by atoms with van der Waals surface area (Å²) < 4.78 is 0. The first-order valence-corrected chi connectivity index (χ1v) is 7.14. The minimum atomic E-state index is -0.299. The number of rotatable bonds is 1. The van der Waals surface area contributed by atoms with E-state index >= 15 is 0 Å². The number of benzene rings is 1. The Morgan fingerprint density at radius 3 is 2.37 bits per heavy atom. The van der Waals surface area contributed by atoms with Gasteiger partial charge < -0.3 is 15.3 Å². The van der Waals surface area contributed by atoms with Gasteiger partial charge in [-0.1, -0.05) is 32.9 Å². The van der Waals surface area contributed by atoms with Crippen molar-refractivity contribution in [3.05, 3.63) is 29.8 Å². The van der Waals surface area contributed by atoms with Crippen LogP contribution >= 0.6 is 0 Å². The number of β-amino-alcohol motifs (C(OH)–C–C–N with tert-alkyl or cyclic N) is 1. The Balaban J connectivity index is 2.20. The Hall–Kier alpha value is -1.06. The number of aliphatic hydroxyl groups is 1. The summed E-state index contributed by atoms with van der Waals surface area (Å²) in [6.07, 6.45) is -0.299. The summed E-state index contributed by atoms with van der Waals surface area (Å²) >= 11 is 0. The van der Waals surface area contributed by atoms with Crippen LogP contribution in [-0.4, -0.2) is 36.9 Å². The number of hydrogen-bond donors (Lipinski definition) is 2. The van der Waals surface area contributed by atoms with Crippen molar-refractivity contribution in [3.63, 3.8) is 0 Å². The van der Waals surface area contributed by atoms with Gasteiger partial charge >= 0.3 is 0 Å². The van der Waals surface area contributed by atoms with E-state index in [9.17, 15) is 5.11 Å². The Morgan fingerprint density at radius 2 is 1.79 bits per heavy atom. The molecule has 0 aliphatic carbocycles. The second-order valence-electron chi connectivity index (χ2n) is 6.61. The van der Waals surface area contributed by atoms with Gasteiger partial charge in [0.25, 0.3) is 0 Å². The number of nitrogens with one attached hydrogen (secondary N) is 1. The average Bonchev–Trinajstić information content (AvgIpc) is 2.50. The van der Waals surface area contributed by atoms with Gasteiger partial charge in [0.1, 0.15) is 0 Å². The van der Waals surface area contributed by atoms with E-state index in [1.807, 2.05) is 0 Å². The van der Waals surface area contributed by atoms with Gasteiger partial charge in [0.05, 0.1) is 6.10 Å². The fourth-order valence-corrected chi connectivity index (χ4v) is 2.55. The van der Waals surface area contributed by atoms with Crippen LogP contribution in [0.15, 0.2) is 24.3 Å². The van der Waals surface area contributed by atoms with Gasteiger partial charge in [-0.05, 0) is 30.0 Å². The first kappa shape index (κ1) is 14.4. The third kappa shape index (κ3) is 3.48. The molecule has 0 spiro atoms. The molecule has 2 unspecified atom stereocenters. The maximum Gasteiger partial charge on any atom is 0.0839 e. The van der Waals surface area contributed by atoms with Gasteiger partial charge in [-0.3, -0.25) is 0 Å². The fourth-order valence-electron chi connectivity index (χ4n) is 2.55. The summed E-state index contributed by atoms with van der Waals surface area (Å²) in [6.45, 7) is 11.2. The van der Waals surface area contributed by atoms with Crippen LogP contribution in [0, 0.1) is 0 Å². The van der Waals surface area contributed by atoms with E-state index in [4.69, 9.17) is 0 Å². The van der Waals surface area contributed by atoms with Gasteiger partial charge in [0.15, 0.2) is 0 Å². The maximum absolute atomic E-state index is 9.92. The molecular formula is C16H26N2O. The minimum Gasteiger partial charge on any atom is -0.390 e. The first-order chi connectivity index (χ1) is 8.88. The lowest BCUT2D eigenvalue weighted by Crippen LogP contribution is -2.39. The van der Waals surface area contributed by atoms with E-state index in [2.05, 4.69) is 62.2 Å². The van der Waals surface area contributed by atoms with E-state index in [0.717, 1.165) is 6.54 Å². The van der Waals surface area contributed by atoms with Crippen LogP contribution in [0.4, 0.5) is 5.69 Å². The molecule has 0 aromatic heterocycles. The lowest BCUT2D eigenvalue weighted by molar-refractivity contribution is 0.184. The van der Waals surface area contributed by atoms with E-state index in [-0.39, 0.29) is 11.5 Å². The molecule has 1 aliphatic heterocycles. The first-order valence-electron chi connectivity index (χ1n) is 7.14. The molecule has 0 bridgehead atoms. The molecule has 1 fully saturated rings. The molecule has 19 heavy (non-hydrogen) atoms. The fraction of sp³-hybridized carbons (Fsp3) is 0.625. The Kier molecular flexibility index (Phi) is 4.16. The molecule has 2 rings (SSSR count). The van der Waals surface area contributed by atoms with Crippen LogP contribution in [0.1, 0.15) is 33.3 Å². The molecule has 3 nitrogen and oxygen atoms in total. The predicted molar refractivity (Wildman–Crippen MR) is 80.8 cm³/mol. The Labute approximate surface area is 116 Å². The average molecular weight is 262 g/mol. The molecule has 1 aromatic rings. The molecule has 106 valence electrons. The molecule has 0 saturated carbocycles. The SMILES string of the molecule is CC1CNCC(O)CN1c1ccc(C(C)(C)C)cc1. The van der Waals surface area contributed by atoms with Crippen LogP contribution in [0.2, 0.25) is 0 Å². The summed E-state index contributed by atoms with van der Waals surface area (Å²) in [7, 11) is 0. The van der Waals surface area contributed by atoms with Crippen LogP contribution in [0.25, 0.3) is 0 Å². The van der Waals surface area contributed by atoms with Crippen LogP contribution in [-0.2, 0) is 5.41 Å². The van der Waals surface area contributed by atoms with Crippen LogP contribution < -0.4 is 10.2 Å². The van der Waals surface area contributed by atoms with Crippen LogP contribution in [0.3, 0.4) is 0 Å². The Bertz CT molecular complexity index is 408. The molecule has 0 radical (unpaired) electrons. The zero-order valence-corrected chi connectivity index (χ0v) is 12.5. The van der Waals surface area contributed by atoms with Gasteiger partial charge in [0.2, 0.25) is 0 Å². The highest BCUT2D eigenvalue weighted by Gasteiger charge is 2.22. The van der Waals surface area contributed by atoms with Gasteiger partial charge in [-0.15, -0.1) is 0 Å². The summed E-state index contributed by atoms with van der Waals surface area (Å²) in [6, 6.07) is 9.15. The van der Waals surface area contributed by atoms with Crippen molar-refractivity contribution in [1.29, 1.82) is 0 Å². The second-order valence-corrected chi connectivity index (χ2v) is 6.61. The zero-order valence-electron chi connectivity index (χ0n) is 12.5. The quantitative estimate of drug-likeness (QED) is 0.814. The largest absolute Gasteiger partial charge is 0.390 e. The predicted octanol–water partition coefficient (Wildman–Crippen LogP) is 2.14. The molecule has 1 aliphatic rings. The molecule has 2 atom stereocenters. The molecule has 1 saturated heterocycles. The summed E-state index contributed by atoms with van der Waals surface area (Å²) in [5.41, 5.74) is 2.73. The molecule has 3 heteroatoms.